The Balaban J connectivity index is 2.92. The molecule has 1 aromatic rings. The van der Waals surface area contributed by atoms with E-state index in [2.05, 4.69) is 31.0 Å². The molecule has 0 spiro atoms. The molecule has 0 heterocycles. The molecule has 1 aromatic carbocycles. The van der Waals surface area contributed by atoms with E-state index < -0.39 is 0 Å². The molecule has 3 nitrogen and oxygen atoms in total. The minimum Gasteiger partial charge on any atom is -0.350 e. The average molecular weight is 272 g/mol. The Morgan fingerprint density at radius 1 is 1.35 bits per heavy atom. The highest BCUT2D eigenvalue weighted by Crippen LogP contribution is 2.12. The molecule has 0 fully saturated rings. The van der Waals surface area contributed by atoms with Crippen LogP contribution in [0.25, 0.3) is 0 Å². The highest BCUT2D eigenvalue weighted by molar-refractivity contribution is 5.97. The SMILES string of the molecule is Cc1ccc(C(=O)NC(C)CC(C)C)c(C#CCN)c1. The standard InChI is InChI=1S/C17H24N2O/c1-12(2)10-14(4)19-17(20)16-8-7-13(3)11-15(16)6-5-9-18/h7-8,11-12,14H,9-10,18H2,1-4H3,(H,19,20). The van der Waals surface area contributed by atoms with Gasteiger partial charge >= 0.3 is 0 Å². The lowest BCUT2D eigenvalue weighted by Crippen LogP contribution is -2.33. The Morgan fingerprint density at radius 2 is 2.05 bits per heavy atom. The minimum atomic E-state index is -0.0699. The molecule has 20 heavy (non-hydrogen) atoms. The van der Waals surface area contributed by atoms with Crippen LogP contribution in [0.1, 0.15) is 48.7 Å². The van der Waals surface area contributed by atoms with Crippen LogP contribution >= 0.6 is 0 Å². The first kappa shape index (κ1) is 16.3. The van der Waals surface area contributed by atoms with E-state index in [1.807, 2.05) is 32.0 Å². The normalized spacial score (nSPS) is 11.7. The highest BCUT2D eigenvalue weighted by atomic mass is 16.1. The van der Waals surface area contributed by atoms with Crippen molar-refractivity contribution in [2.45, 2.75) is 40.2 Å². The topological polar surface area (TPSA) is 55.1 Å². The number of hydrogen-bond acceptors (Lipinski definition) is 2. The summed E-state index contributed by atoms with van der Waals surface area (Å²) in [7, 11) is 0. The Morgan fingerprint density at radius 3 is 2.65 bits per heavy atom. The van der Waals surface area contributed by atoms with Crippen LogP contribution in [-0.2, 0) is 0 Å². The number of nitrogens with two attached hydrogens (primary N) is 1. The van der Waals surface area contributed by atoms with Gasteiger partial charge in [0.2, 0.25) is 0 Å². The predicted octanol–water partition coefficient (Wildman–Crippen LogP) is 2.47. The van der Waals surface area contributed by atoms with Crippen molar-refractivity contribution in [1.29, 1.82) is 0 Å². The lowest BCUT2D eigenvalue weighted by Gasteiger charge is -2.16. The summed E-state index contributed by atoms with van der Waals surface area (Å²) in [5.41, 5.74) is 7.84. The van der Waals surface area contributed by atoms with Gasteiger partial charge in [0.25, 0.3) is 5.91 Å². The molecule has 3 heteroatoms. The van der Waals surface area contributed by atoms with Crippen LogP contribution < -0.4 is 11.1 Å². The average Bonchev–Trinajstić information content (AvgIpc) is 2.35. The van der Waals surface area contributed by atoms with Gasteiger partial charge in [0, 0.05) is 11.6 Å². The van der Waals surface area contributed by atoms with Crippen LogP contribution in [0, 0.1) is 24.7 Å². The van der Waals surface area contributed by atoms with Crippen molar-refractivity contribution in [3.8, 4) is 11.8 Å². The zero-order chi connectivity index (χ0) is 15.1. The summed E-state index contributed by atoms with van der Waals surface area (Å²) < 4.78 is 0. The number of benzene rings is 1. The van der Waals surface area contributed by atoms with Gasteiger partial charge in [-0.15, -0.1) is 0 Å². The maximum Gasteiger partial charge on any atom is 0.252 e. The van der Waals surface area contributed by atoms with E-state index in [4.69, 9.17) is 5.73 Å². The fourth-order valence-electron chi connectivity index (χ4n) is 2.17. The third-order valence-electron chi connectivity index (χ3n) is 2.95. The van der Waals surface area contributed by atoms with Crippen LogP contribution in [-0.4, -0.2) is 18.5 Å². The molecule has 1 atom stereocenters. The number of aryl methyl sites for hydroxylation is 1. The van der Waals surface area contributed by atoms with Gasteiger partial charge in [-0.1, -0.05) is 31.8 Å². The quantitative estimate of drug-likeness (QED) is 0.827. The van der Waals surface area contributed by atoms with Crippen molar-refractivity contribution in [1.82, 2.24) is 5.32 Å². The molecule has 0 aliphatic carbocycles. The molecule has 0 saturated heterocycles. The molecule has 0 bridgehead atoms. The van der Waals surface area contributed by atoms with Crippen LogP contribution in [0.4, 0.5) is 0 Å². The molecule has 3 N–H and O–H groups in total. The van der Waals surface area contributed by atoms with Gasteiger partial charge in [0.15, 0.2) is 0 Å². The molecule has 0 aliphatic heterocycles. The molecule has 0 saturated carbocycles. The van der Waals surface area contributed by atoms with Crippen LogP contribution in [0.2, 0.25) is 0 Å². The zero-order valence-corrected chi connectivity index (χ0v) is 12.8. The van der Waals surface area contributed by atoms with Gasteiger partial charge in [0.05, 0.1) is 12.1 Å². The largest absolute Gasteiger partial charge is 0.350 e. The smallest absolute Gasteiger partial charge is 0.252 e. The van der Waals surface area contributed by atoms with E-state index >= 15 is 0 Å². The Hall–Kier alpha value is -1.79. The lowest BCUT2D eigenvalue weighted by molar-refractivity contribution is 0.0936. The van der Waals surface area contributed by atoms with Gasteiger partial charge in [-0.05, 0) is 43.9 Å². The Labute approximate surface area is 121 Å². The molecular formula is C17H24N2O. The second kappa shape index (κ2) is 7.72. The van der Waals surface area contributed by atoms with Crippen molar-refractivity contribution < 1.29 is 4.79 Å². The van der Waals surface area contributed by atoms with Gasteiger partial charge < -0.3 is 11.1 Å². The van der Waals surface area contributed by atoms with Crippen molar-refractivity contribution >= 4 is 5.91 Å². The highest BCUT2D eigenvalue weighted by Gasteiger charge is 2.13. The van der Waals surface area contributed by atoms with E-state index in [0.29, 0.717) is 18.0 Å². The summed E-state index contributed by atoms with van der Waals surface area (Å²) in [4.78, 5) is 12.3. The lowest BCUT2D eigenvalue weighted by atomic mass is 10.0. The summed E-state index contributed by atoms with van der Waals surface area (Å²) >= 11 is 0. The number of carbonyl (C=O) groups is 1. The number of rotatable bonds is 4. The van der Waals surface area contributed by atoms with Crippen molar-refractivity contribution in [3.05, 3.63) is 34.9 Å². The molecule has 1 unspecified atom stereocenters. The van der Waals surface area contributed by atoms with E-state index in [0.717, 1.165) is 17.5 Å². The van der Waals surface area contributed by atoms with E-state index in [1.165, 1.54) is 0 Å². The fraction of sp³-hybridized carbons (Fsp3) is 0.471. The summed E-state index contributed by atoms with van der Waals surface area (Å²) in [5, 5.41) is 3.03. The van der Waals surface area contributed by atoms with E-state index in [-0.39, 0.29) is 11.9 Å². The third kappa shape index (κ3) is 5.07. The van der Waals surface area contributed by atoms with Crippen LogP contribution in [0.3, 0.4) is 0 Å². The van der Waals surface area contributed by atoms with Crippen molar-refractivity contribution in [2.24, 2.45) is 11.7 Å². The first-order chi connectivity index (χ1) is 9.43. The monoisotopic (exact) mass is 272 g/mol. The summed E-state index contributed by atoms with van der Waals surface area (Å²) in [6, 6.07) is 5.83. The van der Waals surface area contributed by atoms with Gasteiger partial charge in [-0.25, -0.2) is 0 Å². The summed E-state index contributed by atoms with van der Waals surface area (Å²) in [6.45, 7) is 8.59. The second-order valence-electron chi connectivity index (χ2n) is 5.56. The minimum absolute atomic E-state index is 0.0699. The maximum atomic E-state index is 12.3. The predicted molar refractivity (Wildman–Crippen MR) is 83.5 cm³/mol. The van der Waals surface area contributed by atoms with Gasteiger partial charge in [0.1, 0.15) is 0 Å². The van der Waals surface area contributed by atoms with E-state index in [9.17, 15) is 4.79 Å². The zero-order valence-electron chi connectivity index (χ0n) is 12.8. The molecule has 1 amide bonds. The van der Waals surface area contributed by atoms with Crippen molar-refractivity contribution in [3.63, 3.8) is 0 Å². The van der Waals surface area contributed by atoms with Gasteiger partial charge in [-0.3, -0.25) is 4.79 Å². The molecule has 108 valence electrons. The number of amides is 1. The number of carbonyl (C=O) groups excluding carboxylic acids is 1. The van der Waals surface area contributed by atoms with Crippen molar-refractivity contribution in [2.75, 3.05) is 6.54 Å². The fourth-order valence-corrected chi connectivity index (χ4v) is 2.17. The third-order valence-corrected chi connectivity index (χ3v) is 2.95. The maximum absolute atomic E-state index is 12.3. The molecule has 0 aliphatic rings. The van der Waals surface area contributed by atoms with E-state index in [1.54, 1.807) is 0 Å². The first-order valence-electron chi connectivity index (χ1n) is 7.04. The molecule has 0 radical (unpaired) electrons. The number of nitrogens with one attached hydrogen (secondary N) is 1. The second-order valence-corrected chi connectivity index (χ2v) is 5.56. The summed E-state index contributed by atoms with van der Waals surface area (Å²) in [6.07, 6.45) is 0.960. The van der Waals surface area contributed by atoms with Crippen LogP contribution in [0.5, 0.6) is 0 Å². The molecular weight excluding hydrogens is 248 g/mol. The van der Waals surface area contributed by atoms with Gasteiger partial charge in [-0.2, -0.15) is 0 Å². The first-order valence-corrected chi connectivity index (χ1v) is 7.04. The summed E-state index contributed by atoms with van der Waals surface area (Å²) in [5.74, 6) is 6.27. The molecule has 1 rings (SSSR count). The Kier molecular flexibility index (Phi) is 6.27. The number of hydrogen-bond donors (Lipinski definition) is 2. The Bertz CT molecular complexity index is 524. The van der Waals surface area contributed by atoms with Crippen LogP contribution in [0.15, 0.2) is 18.2 Å². The molecule has 0 aromatic heterocycles.